The van der Waals surface area contributed by atoms with Crippen molar-refractivity contribution in [2.75, 3.05) is 20.1 Å². The molecule has 0 saturated carbocycles. The van der Waals surface area contributed by atoms with Crippen molar-refractivity contribution in [2.45, 2.75) is 57.9 Å². The van der Waals surface area contributed by atoms with Gasteiger partial charge in [0.05, 0.1) is 12.2 Å². The molecule has 21 heavy (non-hydrogen) atoms. The van der Waals surface area contributed by atoms with Crippen LogP contribution in [0, 0.1) is 0 Å². The van der Waals surface area contributed by atoms with Crippen LogP contribution in [0.2, 0.25) is 0 Å². The minimum Gasteiger partial charge on any atom is -0.372 e. The Bertz CT molecular complexity index is 444. The summed E-state index contributed by atoms with van der Waals surface area (Å²) in [5.74, 6) is 0. The number of likely N-dealkylation sites (N-methyl/N-ethyl adjacent to an activating group) is 1. The quantitative estimate of drug-likeness (QED) is 0.817. The number of hydrogen-bond donors (Lipinski definition) is 1. The van der Waals surface area contributed by atoms with Crippen LogP contribution in [0.5, 0.6) is 0 Å². The van der Waals surface area contributed by atoms with Gasteiger partial charge in [0.25, 0.3) is 0 Å². The van der Waals surface area contributed by atoms with Gasteiger partial charge in [0.15, 0.2) is 0 Å². The minimum absolute atomic E-state index is 0.171. The van der Waals surface area contributed by atoms with Crippen molar-refractivity contribution in [1.29, 1.82) is 0 Å². The molecule has 0 bridgehead atoms. The fourth-order valence-corrected chi connectivity index (χ4v) is 4.13. The van der Waals surface area contributed by atoms with Crippen molar-refractivity contribution in [2.24, 2.45) is 0 Å². The molecule has 1 fully saturated rings. The molecule has 2 heterocycles. The number of hydrogen-bond acceptors (Lipinski definition) is 4. The molecule has 2 atom stereocenters. The highest BCUT2D eigenvalue weighted by molar-refractivity contribution is 9.10. The molecule has 0 aromatic carbocycles. The summed E-state index contributed by atoms with van der Waals surface area (Å²) in [6.45, 7) is 9.58. The first-order valence-corrected chi connectivity index (χ1v) is 9.31. The maximum atomic E-state index is 6.16. The lowest BCUT2D eigenvalue weighted by molar-refractivity contribution is 0.0242. The van der Waals surface area contributed by atoms with Crippen molar-refractivity contribution in [3.05, 3.63) is 20.8 Å². The topological polar surface area (TPSA) is 24.5 Å². The van der Waals surface area contributed by atoms with Crippen LogP contribution >= 0.6 is 27.3 Å². The van der Waals surface area contributed by atoms with Gasteiger partial charge in [-0.05, 0) is 62.7 Å². The third-order valence-corrected chi connectivity index (χ3v) is 5.30. The molecular weight excluding hydrogens is 348 g/mol. The Kier molecular flexibility index (Phi) is 6.26. The Labute approximate surface area is 141 Å². The van der Waals surface area contributed by atoms with Crippen LogP contribution in [0.4, 0.5) is 0 Å². The van der Waals surface area contributed by atoms with E-state index in [1.54, 1.807) is 0 Å². The summed E-state index contributed by atoms with van der Waals surface area (Å²) in [6.07, 6.45) is 3.10. The molecule has 0 radical (unpaired) electrons. The first kappa shape index (κ1) is 17.4. The average Bonchev–Trinajstić information content (AvgIpc) is 2.95. The van der Waals surface area contributed by atoms with Crippen LogP contribution in [-0.2, 0) is 11.3 Å². The summed E-state index contributed by atoms with van der Waals surface area (Å²) in [5.41, 5.74) is 0.171. The molecule has 3 nitrogen and oxygen atoms in total. The van der Waals surface area contributed by atoms with Gasteiger partial charge in [-0.25, -0.2) is 0 Å². The molecule has 5 heteroatoms. The van der Waals surface area contributed by atoms with E-state index in [0.717, 1.165) is 19.6 Å². The molecule has 2 rings (SSSR count). The van der Waals surface area contributed by atoms with E-state index in [-0.39, 0.29) is 5.54 Å². The summed E-state index contributed by atoms with van der Waals surface area (Å²) in [5, 5.41) is 5.68. The van der Waals surface area contributed by atoms with E-state index in [2.05, 4.69) is 65.4 Å². The number of thiophene rings is 1. The molecule has 1 aliphatic rings. The zero-order valence-corrected chi connectivity index (χ0v) is 15.9. The molecule has 1 aliphatic heterocycles. The van der Waals surface area contributed by atoms with E-state index in [1.165, 1.54) is 22.2 Å². The Morgan fingerprint density at radius 3 is 2.71 bits per heavy atom. The van der Waals surface area contributed by atoms with Gasteiger partial charge in [-0.2, -0.15) is 0 Å². The summed E-state index contributed by atoms with van der Waals surface area (Å²) in [4.78, 5) is 3.76. The maximum absolute atomic E-state index is 6.16. The third-order valence-electron chi connectivity index (χ3n) is 3.62. The van der Waals surface area contributed by atoms with E-state index in [0.29, 0.717) is 12.2 Å². The van der Waals surface area contributed by atoms with Gasteiger partial charge in [-0.3, -0.25) is 4.90 Å². The van der Waals surface area contributed by atoms with Crippen molar-refractivity contribution < 1.29 is 4.74 Å². The molecule has 0 amide bonds. The summed E-state index contributed by atoms with van der Waals surface area (Å²) >= 11 is 5.32. The van der Waals surface area contributed by atoms with E-state index in [1.807, 2.05) is 11.3 Å². The van der Waals surface area contributed by atoms with E-state index < -0.39 is 0 Å². The lowest BCUT2D eigenvalue weighted by Gasteiger charge is -2.24. The van der Waals surface area contributed by atoms with E-state index in [9.17, 15) is 0 Å². The van der Waals surface area contributed by atoms with Crippen LogP contribution in [0.3, 0.4) is 0 Å². The molecule has 2 unspecified atom stereocenters. The van der Waals surface area contributed by atoms with Gasteiger partial charge in [0.2, 0.25) is 0 Å². The minimum atomic E-state index is 0.171. The molecule has 1 saturated heterocycles. The molecule has 1 aromatic heterocycles. The maximum Gasteiger partial charge on any atom is 0.0707 e. The lowest BCUT2D eigenvalue weighted by Crippen LogP contribution is -2.41. The van der Waals surface area contributed by atoms with Crippen LogP contribution in [-0.4, -0.2) is 42.8 Å². The zero-order chi connectivity index (χ0) is 15.5. The van der Waals surface area contributed by atoms with E-state index in [4.69, 9.17) is 4.74 Å². The van der Waals surface area contributed by atoms with Gasteiger partial charge in [-0.1, -0.05) is 0 Å². The normalized spacial score (nSPS) is 23.1. The van der Waals surface area contributed by atoms with Gasteiger partial charge in [-0.15, -0.1) is 11.3 Å². The predicted octanol–water partition coefficient (Wildman–Crippen LogP) is 3.88. The predicted molar refractivity (Wildman–Crippen MR) is 94.0 cm³/mol. The fourth-order valence-electron chi connectivity index (χ4n) is 2.60. The van der Waals surface area contributed by atoms with Crippen LogP contribution < -0.4 is 5.32 Å². The fraction of sp³-hybridized carbons (Fsp3) is 0.750. The molecular formula is C16H27BrN2OS. The second-order valence-electron chi connectivity index (χ2n) is 7.02. The highest BCUT2D eigenvalue weighted by Crippen LogP contribution is 2.23. The Morgan fingerprint density at radius 2 is 2.10 bits per heavy atom. The van der Waals surface area contributed by atoms with Gasteiger partial charge in [0, 0.05) is 39.9 Å². The molecule has 0 spiro atoms. The smallest absolute Gasteiger partial charge is 0.0707 e. The highest BCUT2D eigenvalue weighted by atomic mass is 79.9. The lowest BCUT2D eigenvalue weighted by atomic mass is 10.1. The molecule has 1 aromatic rings. The second kappa shape index (κ2) is 7.55. The number of halogens is 1. The van der Waals surface area contributed by atoms with Gasteiger partial charge < -0.3 is 10.1 Å². The standard InChI is InChI=1S/C16H27BrN2OS/c1-16(2,3)18-8-13-5-6-14(20-13)9-19(4)10-15-7-12(17)11-21-15/h7,11,13-14,18H,5-6,8-10H2,1-4H3. The Morgan fingerprint density at radius 1 is 1.38 bits per heavy atom. The van der Waals surface area contributed by atoms with Gasteiger partial charge >= 0.3 is 0 Å². The summed E-state index contributed by atoms with van der Waals surface area (Å²) < 4.78 is 7.34. The van der Waals surface area contributed by atoms with Crippen molar-refractivity contribution in [3.63, 3.8) is 0 Å². The monoisotopic (exact) mass is 374 g/mol. The van der Waals surface area contributed by atoms with Crippen LogP contribution in [0.1, 0.15) is 38.5 Å². The summed E-state index contributed by atoms with van der Waals surface area (Å²) in [7, 11) is 2.18. The largest absolute Gasteiger partial charge is 0.372 e. The summed E-state index contributed by atoms with van der Waals surface area (Å²) in [6, 6.07) is 2.20. The SMILES string of the molecule is CN(Cc1cc(Br)cs1)CC1CCC(CNC(C)(C)C)O1. The molecule has 1 N–H and O–H groups in total. The van der Waals surface area contributed by atoms with Crippen molar-refractivity contribution in [3.8, 4) is 0 Å². The van der Waals surface area contributed by atoms with Gasteiger partial charge in [0.1, 0.15) is 0 Å². The highest BCUT2D eigenvalue weighted by Gasteiger charge is 2.27. The van der Waals surface area contributed by atoms with E-state index >= 15 is 0 Å². The number of nitrogens with zero attached hydrogens (tertiary/aromatic N) is 1. The average molecular weight is 375 g/mol. The van der Waals surface area contributed by atoms with Crippen LogP contribution in [0.15, 0.2) is 15.9 Å². The third kappa shape index (κ3) is 6.37. The number of ether oxygens (including phenoxy) is 1. The Hall–Kier alpha value is 0.0600. The second-order valence-corrected chi connectivity index (χ2v) is 8.93. The molecule has 0 aliphatic carbocycles. The zero-order valence-electron chi connectivity index (χ0n) is 13.5. The Balaban J connectivity index is 1.69. The van der Waals surface area contributed by atoms with Crippen molar-refractivity contribution >= 4 is 27.3 Å². The number of rotatable bonds is 6. The van der Waals surface area contributed by atoms with Crippen molar-refractivity contribution in [1.82, 2.24) is 10.2 Å². The molecule has 120 valence electrons. The first-order valence-electron chi connectivity index (χ1n) is 7.64. The van der Waals surface area contributed by atoms with Crippen LogP contribution in [0.25, 0.3) is 0 Å². The first-order chi connectivity index (χ1) is 9.82. The number of nitrogens with one attached hydrogen (secondary N) is 1.